The fraction of sp³-hybridized carbons (Fsp3) is 0.500. The van der Waals surface area contributed by atoms with Gasteiger partial charge in [0, 0.05) is 51.2 Å². The molecule has 3 rings (SSSR count). The molecule has 2 aromatic heterocycles. The molecule has 0 atom stereocenters. The van der Waals surface area contributed by atoms with Crippen LogP contribution in [0.4, 0.5) is 0 Å². The summed E-state index contributed by atoms with van der Waals surface area (Å²) in [6.07, 6.45) is 3.67. The van der Waals surface area contributed by atoms with E-state index in [1.54, 1.807) is 17.8 Å². The Hall–Kier alpha value is -1.80. The monoisotopic (exact) mass is 292 g/mol. The van der Waals surface area contributed by atoms with E-state index in [0.29, 0.717) is 0 Å². The Bertz CT molecular complexity index is 573. The zero-order valence-electron chi connectivity index (χ0n) is 11.3. The van der Waals surface area contributed by atoms with Gasteiger partial charge in [-0.2, -0.15) is 4.68 Å². The molecule has 3 heterocycles. The number of piperazine rings is 1. The highest BCUT2D eigenvalue weighted by atomic mass is 32.1. The molecule has 1 aliphatic rings. The zero-order valence-corrected chi connectivity index (χ0v) is 12.1. The SMILES string of the molecule is CC(=O)N1CCN(Cc2cn(-c3nccs3)nn2)CC1. The number of aromatic nitrogens is 4. The standard InChI is InChI=1S/C12H16N6OS/c1-10(19)17-5-3-16(4-6-17)8-11-9-18(15-14-11)12-13-2-7-20-12/h2,7,9H,3-6,8H2,1H3. The first kappa shape index (κ1) is 13.2. The lowest BCUT2D eigenvalue weighted by Crippen LogP contribution is -2.47. The summed E-state index contributed by atoms with van der Waals surface area (Å²) in [5.41, 5.74) is 0.927. The van der Waals surface area contributed by atoms with Gasteiger partial charge in [0.1, 0.15) is 0 Å². The Balaban J connectivity index is 1.58. The van der Waals surface area contributed by atoms with E-state index in [1.165, 1.54) is 11.3 Å². The van der Waals surface area contributed by atoms with Crippen LogP contribution in [0.3, 0.4) is 0 Å². The molecule has 2 aromatic rings. The summed E-state index contributed by atoms with van der Waals surface area (Å²) in [5, 5.41) is 11.0. The van der Waals surface area contributed by atoms with E-state index in [-0.39, 0.29) is 5.91 Å². The number of rotatable bonds is 3. The van der Waals surface area contributed by atoms with Crippen molar-refractivity contribution in [1.29, 1.82) is 0 Å². The third-order valence-corrected chi connectivity index (χ3v) is 4.12. The maximum absolute atomic E-state index is 11.3. The summed E-state index contributed by atoms with van der Waals surface area (Å²) in [6, 6.07) is 0. The Morgan fingerprint density at radius 1 is 1.35 bits per heavy atom. The Labute approximate surface area is 120 Å². The van der Waals surface area contributed by atoms with Crippen LogP contribution in [0.5, 0.6) is 0 Å². The number of carbonyl (C=O) groups excluding carboxylic acids is 1. The lowest BCUT2D eigenvalue weighted by Gasteiger charge is -2.33. The normalized spacial score (nSPS) is 16.6. The molecule has 0 aromatic carbocycles. The minimum absolute atomic E-state index is 0.152. The average Bonchev–Trinajstić information content (AvgIpc) is 3.09. The third kappa shape index (κ3) is 2.86. The molecule has 0 N–H and O–H groups in total. The van der Waals surface area contributed by atoms with E-state index >= 15 is 0 Å². The number of amides is 1. The van der Waals surface area contributed by atoms with E-state index in [0.717, 1.165) is 43.5 Å². The fourth-order valence-electron chi connectivity index (χ4n) is 2.24. The summed E-state index contributed by atoms with van der Waals surface area (Å²) < 4.78 is 1.70. The molecule has 0 radical (unpaired) electrons. The smallest absolute Gasteiger partial charge is 0.219 e. The number of hydrogen-bond donors (Lipinski definition) is 0. The topological polar surface area (TPSA) is 67.2 Å². The van der Waals surface area contributed by atoms with Gasteiger partial charge in [0.2, 0.25) is 11.0 Å². The highest BCUT2D eigenvalue weighted by Crippen LogP contribution is 2.11. The van der Waals surface area contributed by atoms with Crippen LogP contribution >= 0.6 is 11.3 Å². The minimum Gasteiger partial charge on any atom is -0.340 e. The summed E-state index contributed by atoms with van der Waals surface area (Å²) in [4.78, 5) is 19.6. The van der Waals surface area contributed by atoms with Crippen LogP contribution in [0.25, 0.3) is 5.13 Å². The van der Waals surface area contributed by atoms with Gasteiger partial charge in [0.15, 0.2) is 0 Å². The van der Waals surface area contributed by atoms with Crippen molar-refractivity contribution in [2.24, 2.45) is 0 Å². The molecule has 1 aliphatic heterocycles. The molecule has 1 fully saturated rings. The lowest BCUT2D eigenvalue weighted by molar-refractivity contribution is -0.130. The predicted octanol–water partition coefficient (Wildman–Crippen LogP) is 0.388. The van der Waals surface area contributed by atoms with E-state index < -0.39 is 0 Å². The van der Waals surface area contributed by atoms with Gasteiger partial charge in [-0.1, -0.05) is 5.21 Å². The van der Waals surface area contributed by atoms with Crippen LogP contribution in [0.15, 0.2) is 17.8 Å². The van der Waals surface area contributed by atoms with Crippen LogP contribution in [-0.4, -0.2) is 61.9 Å². The number of thiazole rings is 1. The molecule has 0 unspecified atom stereocenters. The van der Waals surface area contributed by atoms with Crippen LogP contribution in [0, 0.1) is 0 Å². The van der Waals surface area contributed by atoms with Gasteiger partial charge in [-0.3, -0.25) is 9.69 Å². The number of nitrogens with zero attached hydrogens (tertiary/aromatic N) is 6. The van der Waals surface area contributed by atoms with Gasteiger partial charge < -0.3 is 4.90 Å². The molecule has 7 nitrogen and oxygen atoms in total. The highest BCUT2D eigenvalue weighted by molar-refractivity contribution is 7.12. The van der Waals surface area contributed by atoms with E-state index in [4.69, 9.17) is 0 Å². The van der Waals surface area contributed by atoms with Gasteiger partial charge in [0.05, 0.1) is 11.9 Å². The predicted molar refractivity (Wildman–Crippen MR) is 74.6 cm³/mol. The first-order valence-electron chi connectivity index (χ1n) is 6.51. The molecule has 0 aliphatic carbocycles. The Morgan fingerprint density at radius 3 is 2.80 bits per heavy atom. The molecule has 1 amide bonds. The molecule has 0 bridgehead atoms. The molecule has 1 saturated heterocycles. The van der Waals surface area contributed by atoms with Crippen molar-refractivity contribution >= 4 is 17.2 Å². The summed E-state index contributed by atoms with van der Waals surface area (Å²) in [6.45, 7) is 5.71. The summed E-state index contributed by atoms with van der Waals surface area (Å²) in [5.74, 6) is 0.152. The van der Waals surface area contributed by atoms with E-state index in [1.807, 2.05) is 16.5 Å². The summed E-state index contributed by atoms with van der Waals surface area (Å²) in [7, 11) is 0. The van der Waals surface area contributed by atoms with Crippen LogP contribution < -0.4 is 0 Å². The first-order valence-corrected chi connectivity index (χ1v) is 7.39. The van der Waals surface area contributed by atoms with Crippen molar-refractivity contribution in [3.05, 3.63) is 23.5 Å². The number of hydrogen-bond acceptors (Lipinski definition) is 6. The lowest BCUT2D eigenvalue weighted by atomic mass is 10.3. The second-order valence-corrected chi connectivity index (χ2v) is 5.62. The Morgan fingerprint density at radius 2 is 2.15 bits per heavy atom. The van der Waals surface area contributed by atoms with Gasteiger partial charge >= 0.3 is 0 Å². The molecule has 0 spiro atoms. The van der Waals surface area contributed by atoms with Gasteiger partial charge in [-0.15, -0.1) is 16.4 Å². The van der Waals surface area contributed by atoms with Crippen molar-refractivity contribution in [2.75, 3.05) is 26.2 Å². The largest absolute Gasteiger partial charge is 0.340 e. The second-order valence-electron chi connectivity index (χ2n) is 4.75. The molecule has 106 valence electrons. The van der Waals surface area contributed by atoms with E-state index in [9.17, 15) is 4.79 Å². The van der Waals surface area contributed by atoms with Crippen LogP contribution in [0.2, 0.25) is 0 Å². The quantitative estimate of drug-likeness (QED) is 0.818. The minimum atomic E-state index is 0.152. The van der Waals surface area contributed by atoms with Crippen molar-refractivity contribution in [1.82, 2.24) is 29.8 Å². The van der Waals surface area contributed by atoms with Gasteiger partial charge in [-0.05, 0) is 0 Å². The van der Waals surface area contributed by atoms with Crippen molar-refractivity contribution in [3.63, 3.8) is 0 Å². The molecular formula is C12H16N6OS. The highest BCUT2D eigenvalue weighted by Gasteiger charge is 2.19. The summed E-state index contributed by atoms with van der Waals surface area (Å²) >= 11 is 1.53. The first-order chi connectivity index (χ1) is 9.72. The zero-order chi connectivity index (χ0) is 13.9. The van der Waals surface area contributed by atoms with Gasteiger partial charge in [-0.25, -0.2) is 4.98 Å². The van der Waals surface area contributed by atoms with Crippen molar-refractivity contribution in [3.8, 4) is 5.13 Å². The van der Waals surface area contributed by atoms with Crippen LogP contribution in [0.1, 0.15) is 12.6 Å². The van der Waals surface area contributed by atoms with Crippen LogP contribution in [-0.2, 0) is 11.3 Å². The maximum Gasteiger partial charge on any atom is 0.219 e. The third-order valence-electron chi connectivity index (χ3n) is 3.36. The average molecular weight is 292 g/mol. The second kappa shape index (κ2) is 5.68. The molecular weight excluding hydrogens is 276 g/mol. The van der Waals surface area contributed by atoms with E-state index in [2.05, 4.69) is 20.2 Å². The molecule has 20 heavy (non-hydrogen) atoms. The molecule has 8 heteroatoms. The fourth-order valence-corrected chi connectivity index (χ4v) is 2.81. The van der Waals surface area contributed by atoms with Crippen molar-refractivity contribution < 1.29 is 4.79 Å². The maximum atomic E-state index is 11.3. The Kier molecular flexibility index (Phi) is 3.75. The number of carbonyl (C=O) groups is 1. The van der Waals surface area contributed by atoms with Gasteiger partial charge in [0.25, 0.3) is 0 Å². The molecule has 0 saturated carbocycles. The van der Waals surface area contributed by atoms with Crippen molar-refractivity contribution in [2.45, 2.75) is 13.5 Å².